The van der Waals surface area contributed by atoms with E-state index in [1.165, 1.54) is 24.4 Å². The third-order valence-corrected chi connectivity index (χ3v) is 4.13. The summed E-state index contributed by atoms with van der Waals surface area (Å²) < 4.78 is 11.1. The van der Waals surface area contributed by atoms with E-state index in [2.05, 4.69) is 10.6 Å². The summed E-state index contributed by atoms with van der Waals surface area (Å²) in [6.07, 6.45) is 1.91. The Morgan fingerprint density at radius 3 is 2.55 bits per heavy atom. The van der Waals surface area contributed by atoms with E-state index < -0.39 is 10.8 Å². The van der Waals surface area contributed by atoms with Gasteiger partial charge in [-0.2, -0.15) is 5.26 Å². The Balaban J connectivity index is 1.98. The first-order valence-electron chi connectivity index (χ1n) is 9.77. The molecule has 31 heavy (non-hydrogen) atoms. The maximum Gasteiger partial charge on any atom is 0.292 e. The number of nitrogens with zero attached hydrogens (tertiary/aromatic N) is 2. The van der Waals surface area contributed by atoms with Crippen molar-refractivity contribution >= 4 is 17.3 Å². The summed E-state index contributed by atoms with van der Waals surface area (Å²) in [4.78, 5) is 22.8. The van der Waals surface area contributed by atoms with Crippen molar-refractivity contribution in [2.45, 2.75) is 20.3 Å². The Morgan fingerprint density at radius 2 is 1.87 bits per heavy atom. The molecule has 0 bridgehead atoms. The van der Waals surface area contributed by atoms with Gasteiger partial charge < -0.3 is 20.1 Å². The standard InChI is InChI=1S/C22H24N4O5/c1-3-30-20-10-9-16(13-21(20)31-4-2)11-12-24-15-17(14-23)22(27)25-18-7-5-6-8-19(18)26(28)29/h5-10,13,15,24H,3-4,11-12H2,1-2H3,(H,25,27)/b17-15-. The highest BCUT2D eigenvalue weighted by atomic mass is 16.6. The number of carbonyl (C=O) groups excluding carboxylic acids is 1. The molecule has 0 atom stereocenters. The van der Waals surface area contributed by atoms with Crippen molar-refractivity contribution in [3.05, 3.63) is 69.9 Å². The quantitative estimate of drug-likeness (QED) is 0.186. The van der Waals surface area contributed by atoms with E-state index in [1.54, 1.807) is 12.1 Å². The molecule has 0 aliphatic rings. The molecule has 2 aromatic rings. The largest absolute Gasteiger partial charge is 0.490 e. The molecule has 0 aromatic heterocycles. The predicted octanol–water partition coefficient (Wildman–Crippen LogP) is 3.57. The number of hydrogen-bond acceptors (Lipinski definition) is 7. The van der Waals surface area contributed by atoms with Crippen LogP contribution in [0.3, 0.4) is 0 Å². The van der Waals surface area contributed by atoms with Gasteiger partial charge in [0.2, 0.25) is 0 Å². The average Bonchev–Trinajstić information content (AvgIpc) is 2.76. The van der Waals surface area contributed by atoms with Crippen molar-refractivity contribution < 1.29 is 19.2 Å². The van der Waals surface area contributed by atoms with Crippen molar-refractivity contribution in [3.63, 3.8) is 0 Å². The van der Waals surface area contributed by atoms with Crippen molar-refractivity contribution in [1.82, 2.24) is 5.32 Å². The number of benzene rings is 2. The van der Waals surface area contributed by atoms with Gasteiger partial charge in [-0.15, -0.1) is 0 Å². The van der Waals surface area contributed by atoms with Gasteiger partial charge in [0.25, 0.3) is 11.6 Å². The molecular weight excluding hydrogens is 400 g/mol. The number of nitriles is 1. The molecule has 0 fully saturated rings. The maximum atomic E-state index is 12.3. The van der Waals surface area contributed by atoms with Gasteiger partial charge in [0.1, 0.15) is 17.3 Å². The molecule has 0 spiro atoms. The summed E-state index contributed by atoms with van der Waals surface area (Å²) in [6.45, 7) is 5.32. The van der Waals surface area contributed by atoms with Crippen LogP contribution >= 0.6 is 0 Å². The van der Waals surface area contributed by atoms with Crippen LogP contribution in [-0.4, -0.2) is 30.6 Å². The Hall–Kier alpha value is -4.06. The first-order valence-corrected chi connectivity index (χ1v) is 9.77. The highest BCUT2D eigenvalue weighted by Gasteiger charge is 2.17. The smallest absolute Gasteiger partial charge is 0.292 e. The summed E-state index contributed by atoms with van der Waals surface area (Å²) >= 11 is 0. The zero-order chi connectivity index (χ0) is 22.6. The third-order valence-electron chi connectivity index (χ3n) is 4.13. The fourth-order valence-electron chi connectivity index (χ4n) is 2.72. The second-order valence-electron chi connectivity index (χ2n) is 6.25. The number of nitrogens with one attached hydrogen (secondary N) is 2. The Bertz CT molecular complexity index is 998. The number of ether oxygens (including phenoxy) is 2. The van der Waals surface area contributed by atoms with Gasteiger partial charge in [0.15, 0.2) is 11.5 Å². The summed E-state index contributed by atoms with van der Waals surface area (Å²) in [6, 6.07) is 13.2. The number of hydrogen-bond donors (Lipinski definition) is 2. The molecule has 0 radical (unpaired) electrons. The van der Waals surface area contributed by atoms with Crippen LogP contribution in [0, 0.1) is 21.4 Å². The SMILES string of the molecule is CCOc1ccc(CCN/C=C(/C#N)C(=O)Nc2ccccc2[N+](=O)[O-])cc1OCC. The van der Waals surface area contributed by atoms with Crippen molar-refractivity contribution in [2.75, 3.05) is 25.1 Å². The number of carbonyl (C=O) groups is 1. The fourth-order valence-corrected chi connectivity index (χ4v) is 2.72. The molecule has 1 amide bonds. The van der Waals surface area contributed by atoms with E-state index in [0.717, 1.165) is 5.56 Å². The van der Waals surface area contributed by atoms with E-state index in [0.29, 0.717) is 37.7 Å². The van der Waals surface area contributed by atoms with Crippen LogP contribution in [-0.2, 0) is 11.2 Å². The van der Waals surface area contributed by atoms with Crippen LogP contribution in [0.4, 0.5) is 11.4 Å². The van der Waals surface area contributed by atoms with Gasteiger partial charge in [-0.25, -0.2) is 0 Å². The molecule has 9 nitrogen and oxygen atoms in total. The Morgan fingerprint density at radius 1 is 1.16 bits per heavy atom. The molecule has 2 N–H and O–H groups in total. The molecule has 9 heteroatoms. The third kappa shape index (κ3) is 6.75. The molecule has 0 aliphatic heterocycles. The highest BCUT2D eigenvalue weighted by Crippen LogP contribution is 2.28. The van der Waals surface area contributed by atoms with Crippen molar-refractivity contribution in [1.29, 1.82) is 5.26 Å². The van der Waals surface area contributed by atoms with E-state index >= 15 is 0 Å². The minimum Gasteiger partial charge on any atom is -0.490 e. The predicted molar refractivity (Wildman–Crippen MR) is 116 cm³/mol. The second-order valence-corrected chi connectivity index (χ2v) is 6.25. The summed E-state index contributed by atoms with van der Waals surface area (Å²) in [7, 11) is 0. The summed E-state index contributed by atoms with van der Waals surface area (Å²) in [5, 5.41) is 25.6. The molecule has 0 heterocycles. The van der Waals surface area contributed by atoms with Crippen molar-refractivity contribution in [3.8, 4) is 17.6 Å². The van der Waals surface area contributed by atoms with Gasteiger partial charge in [-0.05, 0) is 44.0 Å². The van der Waals surface area contributed by atoms with Crippen molar-refractivity contribution in [2.24, 2.45) is 0 Å². The van der Waals surface area contributed by atoms with Crippen LogP contribution in [0.1, 0.15) is 19.4 Å². The van der Waals surface area contributed by atoms with Crippen LogP contribution < -0.4 is 20.1 Å². The van der Waals surface area contributed by atoms with E-state index in [4.69, 9.17) is 9.47 Å². The van der Waals surface area contributed by atoms with Crippen LogP contribution in [0.25, 0.3) is 0 Å². The van der Waals surface area contributed by atoms with E-state index in [-0.39, 0.29) is 16.9 Å². The zero-order valence-electron chi connectivity index (χ0n) is 17.4. The molecule has 0 aliphatic carbocycles. The lowest BCUT2D eigenvalue weighted by Gasteiger charge is -2.12. The summed E-state index contributed by atoms with van der Waals surface area (Å²) in [5.74, 6) is 0.613. The molecule has 162 valence electrons. The second kappa shape index (κ2) is 11.8. The number of nitro benzene ring substituents is 1. The lowest BCUT2D eigenvalue weighted by Crippen LogP contribution is -2.18. The van der Waals surface area contributed by atoms with Crippen LogP contribution in [0.5, 0.6) is 11.5 Å². The number of para-hydroxylation sites is 2. The lowest BCUT2D eigenvalue weighted by atomic mass is 10.1. The zero-order valence-corrected chi connectivity index (χ0v) is 17.4. The van der Waals surface area contributed by atoms with E-state index in [9.17, 15) is 20.2 Å². The fraction of sp³-hybridized carbons (Fsp3) is 0.273. The van der Waals surface area contributed by atoms with Gasteiger partial charge in [-0.3, -0.25) is 14.9 Å². The van der Waals surface area contributed by atoms with Gasteiger partial charge in [-0.1, -0.05) is 18.2 Å². The van der Waals surface area contributed by atoms with Crippen LogP contribution in [0.15, 0.2) is 54.2 Å². The first-order chi connectivity index (χ1) is 15.0. The Kier molecular flexibility index (Phi) is 8.86. The van der Waals surface area contributed by atoms with Gasteiger partial charge in [0, 0.05) is 18.8 Å². The molecule has 0 saturated carbocycles. The van der Waals surface area contributed by atoms with Gasteiger partial charge >= 0.3 is 0 Å². The molecule has 2 aromatic carbocycles. The van der Waals surface area contributed by atoms with Gasteiger partial charge in [0.05, 0.1) is 18.1 Å². The molecule has 0 saturated heterocycles. The minimum absolute atomic E-state index is 0.0245. The average molecular weight is 424 g/mol. The topological polar surface area (TPSA) is 127 Å². The van der Waals surface area contributed by atoms with E-state index in [1.807, 2.05) is 32.0 Å². The van der Waals surface area contributed by atoms with Crippen LogP contribution in [0.2, 0.25) is 0 Å². The monoisotopic (exact) mass is 424 g/mol. The number of nitro groups is 1. The molecule has 2 rings (SSSR count). The molecule has 0 unspecified atom stereocenters. The number of anilines is 1. The lowest BCUT2D eigenvalue weighted by molar-refractivity contribution is -0.383. The maximum absolute atomic E-state index is 12.3. The number of rotatable bonds is 11. The first kappa shape index (κ1) is 23.2. The minimum atomic E-state index is -0.732. The molecular formula is C22H24N4O5. The Labute approximate surface area is 180 Å². The highest BCUT2D eigenvalue weighted by molar-refractivity contribution is 6.07. The summed E-state index contributed by atoms with van der Waals surface area (Å²) in [5.41, 5.74) is 0.578. The number of amides is 1. The normalized spacial score (nSPS) is 10.7.